The molecule has 0 bridgehead atoms. The fraction of sp³-hybridized carbons (Fsp3) is 0.174. The predicted octanol–water partition coefficient (Wildman–Crippen LogP) is 4.00. The molecule has 2 aromatic carbocycles. The molecule has 1 atom stereocenters. The van der Waals surface area contributed by atoms with Crippen LogP contribution in [0.4, 0.5) is 5.69 Å². The van der Waals surface area contributed by atoms with Crippen molar-refractivity contribution in [3.63, 3.8) is 0 Å². The van der Waals surface area contributed by atoms with Gasteiger partial charge in [-0.25, -0.2) is 9.36 Å². The van der Waals surface area contributed by atoms with Gasteiger partial charge in [0.05, 0.1) is 11.4 Å². The molecule has 3 aromatic rings. The summed E-state index contributed by atoms with van der Waals surface area (Å²) in [5.74, 6) is -0.00714. The van der Waals surface area contributed by atoms with Gasteiger partial charge in [0, 0.05) is 17.4 Å². The number of hydrogen-bond acceptors (Lipinski definition) is 4. The molecule has 4 rings (SSSR count). The highest BCUT2D eigenvalue weighted by atomic mass is 16.3. The average molecular weight is 387 g/mol. The molecule has 0 fully saturated rings. The second kappa shape index (κ2) is 7.39. The van der Waals surface area contributed by atoms with Crippen molar-refractivity contribution in [2.24, 2.45) is 4.99 Å². The van der Waals surface area contributed by atoms with Crippen LogP contribution in [0, 0.1) is 0 Å². The van der Waals surface area contributed by atoms with Crippen molar-refractivity contribution in [3.8, 4) is 11.6 Å². The van der Waals surface area contributed by atoms with Gasteiger partial charge < -0.3 is 5.11 Å². The Bertz CT molecular complexity index is 1250. The quantitative estimate of drug-likeness (QED) is 0.709. The second-order valence-electron chi connectivity index (χ2n) is 7.11. The largest absolute Gasteiger partial charge is 0.494 e. The summed E-state index contributed by atoms with van der Waals surface area (Å²) in [4.78, 5) is 31.4. The van der Waals surface area contributed by atoms with Crippen LogP contribution >= 0.6 is 0 Å². The zero-order chi connectivity index (χ0) is 20.5. The van der Waals surface area contributed by atoms with Crippen molar-refractivity contribution < 1.29 is 5.11 Å². The lowest BCUT2D eigenvalue weighted by molar-refractivity contribution is 0.429. The second-order valence-corrected chi connectivity index (χ2v) is 7.11. The molecule has 1 aliphatic rings. The number of fused-ring (bicyclic) bond motifs is 1. The number of nitrogens with zero attached hydrogens (tertiary/aromatic N) is 2. The highest BCUT2D eigenvalue weighted by molar-refractivity contribution is 6.21. The summed E-state index contributed by atoms with van der Waals surface area (Å²) in [7, 11) is 0. The van der Waals surface area contributed by atoms with Gasteiger partial charge >= 0.3 is 5.69 Å². The maximum absolute atomic E-state index is 12.4. The number of aromatic hydroxyl groups is 1. The van der Waals surface area contributed by atoms with Crippen LogP contribution in [0.3, 0.4) is 0 Å². The number of aliphatic imine (C=N–C) groups is 1. The SMILES string of the molecule is CC[C@H](C)c1ccc(-n2c(O)c(C=C3C=Nc4ccccc43)c(=O)[nH]c2=O)cc1. The van der Waals surface area contributed by atoms with E-state index >= 15 is 0 Å². The zero-order valence-electron chi connectivity index (χ0n) is 16.2. The molecule has 0 radical (unpaired) electrons. The molecule has 0 spiro atoms. The van der Waals surface area contributed by atoms with Gasteiger partial charge in [-0.05, 0) is 42.2 Å². The smallest absolute Gasteiger partial charge is 0.335 e. The molecule has 0 unspecified atom stereocenters. The highest BCUT2D eigenvalue weighted by Crippen LogP contribution is 2.33. The van der Waals surface area contributed by atoms with Gasteiger partial charge in [0.2, 0.25) is 5.88 Å². The molecule has 2 heterocycles. The van der Waals surface area contributed by atoms with Gasteiger partial charge in [-0.15, -0.1) is 0 Å². The number of nitrogens with one attached hydrogen (secondary N) is 1. The Labute approximate surface area is 167 Å². The van der Waals surface area contributed by atoms with Crippen LogP contribution in [0.1, 0.15) is 42.9 Å². The maximum Gasteiger partial charge on any atom is 0.335 e. The first-order chi connectivity index (χ1) is 14.0. The third kappa shape index (κ3) is 3.33. The van der Waals surface area contributed by atoms with Gasteiger partial charge in [-0.2, -0.15) is 0 Å². The lowest BCUT2D eigenvalue weighted by atomic mass is 9.98. The Morgan fingerprint density at radius 2 is 1.86 bits per heavy atom. The minimum Gasteiger partial charge on any atom is -0.494 e. The number of hydrogen-bond donors (Lipinski definition) is 2. The zero-order valence-corrected chi connectivity index (χ0v) is 16.2. The van der Waals surface area contributed by atoms with E-state index in [-0.39, 0.29) is 5.56 Å². The summed E-state index contributed by atoms with van der Waals surface area (Å²) in [6.07, 6.45) is 4.19. The van der Waals surface area contributed by atoms with Crippen LogP contribution in [0.2, 0.25) is 0 Å². The van der Waals surface area contributed by atoms with Gasteiger partial charge in [0.1, 0.15) is 5.56 Å². The van der Waals surface area contributed by atoms with Crippen molar-refractivity contribution in [1.29, 1.82) is 0 Å². The van der Waals surface area contributed by atoms with Crippen molar-refractivity contribution in [3.05, 3.63) is 86.1 Å². The lowest BCUT2D eigenvalue weighted by Gasteiger charge is -2.13. The van der Waals surface area contributed by atoms with Crippen molar-refractivity contribution >= 4 is 23.6 Å². The highest BCUT2D eigenvalue weighted by Gasteiger charge is 2.17. The lowest BCUT2D eigenvalue weighted by Crippen LogP contribution is -2.30. The van der Waals surface area contributed by atoms with Crippen LogP contribution in [0.25, 0.3) is 17.3 Å². The van der Waals surface area contributed by atoms with E-state index in [1.807, 2.05) is 36.4 Å². The molecular weight excluding hydrogens is 366 g/mol. The maximum atomic E-state index is 12.4. The molecule has 1 aliphatic heterocycles. The molecule has 0 saturated heterocycles. The number of allylic oxidation sites excluding steroid dienone is 1. The first-order valence-electron chi connectivity index (χ1n) is 9.53. The van der Waals surface area contributed by atoms with Gasteiger partial charge in [0.15, 0.2) is 0 Å². The Morgan fingerprint density at radius 1 is 1.14 bits per heavy atom. The standard InChI is InChI=1S/C23H21N3O3/c1-3-14(2)15-8-10-17(11-9-15)26-22(28)19(21(27)25-23(26)29)12-16-13-24-20-7-5-4-6-18(16)20/h4-14,28H,3H2,1-2H3,(H,25,27,29)/t14-/m0/s1. The Hall–Kier alpha value is -3.67. The van der Waals surface area contributed by atoms with Crippen LogP contribution in [-0.2, 0) is 0 Å². The number of H-pyrrole nitrogens is 1. The Kier molecular flexibility index (Phi) is 4.76. The van der Waals surface area contributed by atoms with E-state index in [9.17, 15) is 14.7 Å². The molecule has 0 saturated carbocycles. The molecule has 1 aromatic heterocycles. The van der Waals surface area contributed by atoms with Crippen molar-refractivity contribution in [1.82, 2.24) is 9.55 Å². The number of aromatic nitrogens is 2. The monoisotopic (exact) mass is 387 g/mol. The number of benzene rings is 2. The topological polar surface area (TPSA) is 87.4 Å². The summed E-state index contributed by atoms with van der Waals surface area (Å²) in [5.41, 5.74) is 2.65. The van der Waals surface area contributed by atoms with Crippen LogP contribution in [-0.4, -0.2) is 20.9 Å². The molecule has 6 heteroatoms. The van der Waals surface area contributed by atoms with Crippen molar-refractivity contribution in [2.75, 3.05) is 0 Å². The van der Waals surface area contributed by atoms with Gasteiger partial charge in [-0.3, -0.25) is 14.8 Å². The summed E-state index contributed by atoms with van der Waals surface area (Å²) in [5, 5.41) is 10.8. The normalized spacial score (nSPS) is 14.9. The van der Waals surface area contributed by atoms with E-state index in [4.69, 9.17) is 0 Å². The number of rotatable bonds is 4. The third-order valence-electron chi connectivity index (χ3n) is 5.31. The molecule has 0 aliphatic carbocycles. The van der Waals surface area contributed by atoms with E-state index < -0.39 is 17.1 Å². The van der Waals surface area contributed by atoms with E-state index in [0.717, 1.165) is 27.8 Å². The minimum absolute atomic E-state index is 0.00811. The first kappa shape index (κ1) is 18.7. The fourth-order valence-electron chi connectivity index (χ4n) is 3.41. The summed E-state index contributed by atoms with van der Waals surface area (Å²) in [6, 6.07) is 14.9. The molecule has 2 N–H and O–H groups in total. The average Bonchev–Trinajstić information content (AvgIpc) is 3.14. The molecule has 0 amide bonds. The summed E-state index contributed by atoms with van der Waals surface area (Å²) in [6.45, 7) is 4.24. The van der Waals surface area contributed by atoms with Crippen LogP contribution < -0.4 is 11.2 Å². The van der Waals surface area contributed by atoms with Gasteiger partial charge in [0.25, 0.3) is 5.56 Å². The van der Waals surface area contributed by atoms with Crippen LogP contribution in [0.5, 0.6) is 5.88 Å². The van der Waals surface area contributed by atoms with E-state index in [1.54, 1.807) is 24.4 Å². The molecule has 146 valence electrons. The molecule has 29 heavy (non-hydrogen) atoms. The Balaban J connectivity index is 1.83. The van der Waals surface area contributed by atoms with Gasteiger partial charge in [-0.1, -0.05) is 44.2 Å². The summed E-state index contributed by atoms with van der Waals surface area (Å²) < 4.78 is 1.10. The summed E-state index contributed by atoms with van der Waals surface area (Å²) >= 11 is 0. The van der Waals surface area contributed by atoms with E-state index in [0.29, 0.717) is 17.2 Å². The number of aromatic amines is 1. The van der Waals surface area contributed by atoms with Crippen molar-refractivity contribution in [2.45, 2.75) is 26.2 Å². The fourth-order valence-corrected chi connectivity index (χ4v) is 3.41. The van der Waals surface area contributed by atoms with Crippen LogP contribution in [0.15, 0.2) is 63.1 Å². The van der Waals surface area contributed by atoms with E-state index in [1.165, 1.54) is 0 Å². The predicted molar refractivity (Wildman–Crippen MR) is 115 cm³/mol. The number of para-hydroxylation sites is 1. The molecular formula is C23H21N3O3. The molecule has 6 nitrogen and oxygen atoms in total. The van der Waals surface area contributed by atoms with E-state index in [2.05, 4.69) is 23.8 Å². The minimum atomic E-state index is -0.688. The first-order valence-corrected chi connectivity index (χ1v) is 9.53. The third-order valence-corrected chi connectivity index (χ3v) is 5.31. The Morgan fingerprint density at radius 3 is 2.59 bits per heavy atom.